The summed E-state index contributed by atoms with van der Waals surface area (Å²) in [7, 11) is 0. The lowest BCUT2D eigenvalue weighted by atomic mass is 10.0. The van der Waals surface area contributed by atoms with Crippen molar-refractivity contribution in [2.24, 2.45) is 0 Å². The Kier molecular flexibility index (Phi) is 4.21. The molecule has 0 radical (unpaired) electrons. The molecule has 19 heavy (non-hydrogen) atoms. The quantitative estimate of drug-likeness (QED) is 0.873. The smallest absolute Gasteiger partial charge is 0.181 e. The zero-order chi connectivity index (χ0) is 14.2. The Hall–Kier alpha value is -0.610. The number of ketones is 1. The van der Waals surface area contributed by atoms with E-state index in [1.54, 1.807) is 25.1 Å². The summed E-state index contributed by atoms with van der Waals surface area (Å²) in [4.78, 5) is 14.4. The lowest BCUT2D eigenvalue weighted by Gasteiger charge is -2.24. The number of carbonyl (C=O) groups excluding carboxylic acids is 1. The van der Waals surface area contributed by atoms with Gasteiger partial charge in [0, 0.05) is 23.7 Å². The van der Waals surface area contributed by atoms with Gasteiger partial charge in [0.15, 0.2) is 5.78 Å². The van der Waals surface area contributed by atoms with Crippen molar-refractivity contribution in [3.05, 3.63) is 33.8 Å². The van der Waals surface area contributed by atoms with Crippen LogP contribution in [0.5, 0.6) is 0 Å². The summed E-state index contributed by atoms with van der Waals surface area (Å²) < 4.78 is 0. The molecule has 1 aromatic rings. The lowest BCUT2D eigenvalue weighted by molar-refractivity contribution is 0.0598. The van der Waals surface area contributed by atoms with E-state index in [1.165, 1.54) is 0 Å². The number of Topliss-reactive ketones (excluding diaryl/α,β-unsaturated/α-hetero) is 1. The van der Waals surface area contributed by atoms with Crippen LogP contribution < -0.4 is 0 Å². The number of halogens is 2. The summed E-state index contributed by atoms with van der Waals surface area (Å²) >= 11 is 11.9. The fraction of sp³-hybridized carbons (Fsp3) is 0.500. The number of hydrogen-bond donors (Lipinski definition) is 1. The van der Waals surface area contributed by atoms with Gasteiger partial charge < -0.3 is 5.11 Å². The average Bonchev–Trinajstić information content (AvgIpc) is 2.68. The summed E-state index contributed by atoms with van der Waals surface area (Å²) in [6.07, 6.45) is 0.680. The molecule has 2 rings (SSSR count). The van der Waals surface area contributed by atoms with Crippen LogP contribution in [0.3, 0.4) is 0 Å². The van der Waals surface area contributed by atoms with Gasteiger partial charge in [0.05, 0.1) is 16.7 Å². The highest BCUT2D eigenvalue weighted by Crippen LogP contribution is 2.26. The Balaban J connectivity index is 2.15. The highest BCUT2D eigenvalue weighted by atomic mass is 35.5. The second kappa shape index (κ2) is 5.41. The van der Waals surface area contributed by atoms with E-state index in [9.17, 15) is 9.90 Å². The standard InChI is InChI=1S/C14H17Cl2NO2/c1-9(17-6-5-14(2,19)8-17)13(18)11-4-3-10(15)7-12(11)16/h3-4,7,9,19H,5-6,8H2,1-2H3. The molecule has 104 valence electrons. The fourth-order valence-corrected chi connectivity index (χ4v) is 2.89. The Bertz CT molecular complexity index is 502. The molecule has 0 aromatic heterocycles. The number of likely N-dealkylation sites (tertiary alicyclic amines) is 1. The van der Waals surface area contributed by atoms with Gasteiger partial charge in [-0.25, -0.2) is 0 Å². The highest BCUT2D eigenvalue weighted by Gasteiger charge is 2.36. The third-order valence-electron chi connectivity index (χ3n) is 3.61. The van der Waals surface area contributed by atoms with Crippen LogP contribution in [-0.4, -0.2) is 40.5 Å². The molecule has 1 N–H and O–H groups in total. The van der Waals surface area contributed by atoms with Crippen LogP contribution in [0, 0.1) is 0 Å². The van der Waals surface area contributed by atoms with E-state index >= 15 is 0 Å². The maximum absolute atomic E-state index is 12.4. The summed E-state index contributed by atoms with van der Waals surface area (Å²) in [6.45, 7) is 4.85. The van der Waals surface area contributed by atoms with Crippen LogP contribution in [0.2, 0.25) is 10.0 Å². The molecule has 1 aliphatic heterocycles. The third-order valence-corrected chi connectivity index (χ3v) is 4.15. The maximum Gasteiger partial charge on any atom is 0.181 e. The Morgan fingerprint density at radius 1 is 1.47 bits per heavy atom. The van der Waals surface area contributed by atoms with Gasteiger partial charge in [0.2, 0.25) is 0 Å². The number of aliphatic hydroxyl groups is 1. The Labute approximate surface area is 123 Å². The first-order chi connectivity index (χ1) is 8.80. The van der Waals surface area contributed by atoms with Crippen molar-refractivity contribution in [1.82, 2.24) is 4.90 Å². The van der Waals surface area contributed by atoms with Crippen molar-refractivity contribution in [1.29, 1.82) is 0 Å². The molecule has 1 aromatic carbocycles. The zero-order valence-corrected chi connectivity index (χ0v) is 12.5. The first kappa shape index (κ1) is 14.8. The first-order valence-electron chi connectivity index (χ1n) is 6.26. The molecule has 0 bridgehead atoms. The van der Waals surface area contributed by atoms with E-state index in [0.29, 0.717) is 35.1 Å². The highest BCUT2D eigenvalue weighted by molar-refractivity contribution is 6.37. The van der Waals surface area contributed by atoms with Crippen molar-refractivity contribution < 1.29 is 9.90 Å². The number of rotatable bonds is 3. The van der Waals surface area contributed by atoms with Crippen LogP contribution in [0.1, 0.15) is 30.6 Å². The molecule has 2 atom stereocenters. The topological polar surface area (TPSA) is 40.5 Å². The largest absolute Gasteiger partial charge is 0.389 e. The van der Waals surface area contributed by atoms with Crippen LogP contribution in [0.15, 0.2) is 18.2 Å². The van der Waals surface area contributed by atoms with Crippen LogP contribution in [0.25, 0.3) is 0 Å². The Morgan fingerprint density at radius 3 is 2.68 bits per heavy atom. The molecule has 1 saturated heterocycles. The third kappa shape index (κ3) is 3.29. The predicted octanol–water partition coefficient (Wildman–Crippen LogP) is 3.02. The number of carbonyl (C=O) groups is 1. The van der Waals surface area contributed by atoms with E-state index in [2.05, 4.69) is 0 Å². The molecule has 2 unspecified atom stereocenters. The van der Waals surface area contributed by atoms with E-state index < -0.39 is 5.60 Å². The lowest BCUT2D eigenvalue weighted by Crippen LogP contribution is -2.40. The summed E-state index contributed by atoms with van der Waals surface area (Å²) in [5.41, 5.74) is -0.233. The number of β-amino-alcohol motifs (C(OH)–C–C–N with tert-alkyl or cyclic N) is 1. The fourth-order valence-electron chi connectivity index (χ4n) is 2.39. The maximum atomic E-state index is 12.4. The van der Waals surface area contributed by atoms with E-state index in [4.69, 9.17) is 23.2 Å². The molecule has 3 nitrogen and oxygen atoms in total. The van der Waals surface area contributed by atoms with Crippen LogP contribution in [0.4, 0.5) is 0 Å². The molecular formula is C14H17Cl2NO2. The molecule has 1 heterocycles. The predicted molar refractivity (Wildman–Crippen MR) is 77.1 cm³/mol. The average molecular weight is 302 g/mol. The number of nitrogens with zero attached hydrogens (tertiary/aromatic N) is 1. The van der Waals surface area contributed by atoms with Crippen molar-refractivity contribution in [3.8, 4) is 0 Å². The van der Waals surface area contributed by atoms with Gasteiger partial charge in [-0.05, 0) is 38.5 Å². The van der Waals surface area contributed by atoms with E-state index in [0.717, 1.165) is 0 Å². The molecule has 1 fully saturated rings. The SMILES string of the molecule is CC(C(=O)c1ccc(Cl)cc1Cl)N1CCC(C)(O)C1. The molecule has 0 amide bonds. The van der Waals surface area contributed by atoms with Gasteiger partial charge in [-0.3, -0.25) is 9.69 Å². The minimum Gasteiger partial charge on any atom is -0.389 e. The molecular weight excluding hydrogens is 285 g/mol. The molecule has 1 aliphatic rings. The van der Waals surface area contributed by atoms with Gasteiger partial charge in [-0.2, -0.15) is 0 Å². The van der Waals surface area contributed by atoms with Crippen LogP contribution >= 0.6 is 23.2 Å². The number of hydrogen-bond acceptors (Lipinski definition) is 3. The minimum atomic E-state index is -0.710. The molecule has 0 spiro atoms. The van der Waals surface area contributed by atoms with Gasteiger partial charge in [0.1, 0.15) is 0 Å². The molecule has 0 aliphatic carbocycles. The normalized spacial score (nSPS) is 25.5. The van der Waals surface area contributed by atoms with Crippen molar-refractivity contribution in [2.75, 3.05) is 13.1 Å². The molecule has 0 saturated carbocycles. The summed E-state index contributed by atoms with van der Waals surface area (Å²) in [5, 5.41) is 10.8. The zero-order valence-electron chi connectivity index (χ0n) is 11.0. The van der Waals surface area contributed by atoms with Crippen LogP contribution in [-0.2, 0) is 0 Å². The van der Waals surface area contributed by atoms with Gasteiger partial charge in [-0.1, -0.05) is 23.2 Å². The minimum absolute atomic E-state index is 0.0423. The molecule has 5 heteroatoms. The van der Waals surface area contributed by atoms with Gasteiger partial charge in [0.25, 0.3) is 0 Å². The summed E-state index contributed by atoms with van der Waals surface area (Å²) in [6, 6.07) is 4.58. The van der Waals surface area contributed by atoms with E-state index in [1.807, 2.05) is 11.8 Å². The van der Waals surface area contributed by atoms with Gasteiger partial charge >= 0.3 is 0 Å². The summed E-state index contributed by atoms with van der Waals surface area (Å²) in [5.74, 6) is -0.0423. The second-order valence-electron chi connectivity index (χ2n) is 5.38. The van der Waals surface area contributed by atoms with Crippen molar-refractivity contribution in [2.45, 2.75) is 31.9 Å². The van der Waals surface area contributed by atoms with Gasteiger partial charge in [-0.15, -0.1) is 0 Å². The number of benzene rings is 1. The second-order valence-corrected chi connectivity index (χ2v) is 6.23. The first-order valence-corrected chi connectivity index (χ1v) is 7.01. The van der Waals surface area contributed by atoms with Crippen molar-refractivity contribution >= 4 is 29.0 Å². The van der Waals surface area contributed by atoms with Crippen molar-refractivity contribution in [3.63, 3.8) is 0 Å². The Morgan fingerprint density at radius 2 is 2.16 bits per heavy atom. The van der Waals surface area contributed by atoms with E-state index in [-0.39, 0.29) is 11.8 Å². The monoisotopic (exact) mass is 301 g/mol.